The molecule has 3 heterocycles. The smallest absolute Gasteiger partial charge is 0.433 e. The average Bonchev–Trinajstić information content (AvgIpc) is 3.46. The van der Waals surface area contributed by atoms with Crippen molar-refractivity contribution in [3.05, 3.63) is 53.9 Å². The molecule has 2 fully saturated rings. The lowest BCUT2D eigenvalue weighted by Gasteiger charge is -2.23. The Morgan fingerprint density at radius 1 is 1.16 bits per heavy atom. The van der Waals surface area contributed by atoms with Gasteiger partial charge in [-0.05, 0) is 54.5 Å². The normalized spacial score (nSPS) is 23.5. The summed E-state index contributed by atoms with van der Waals surface area (Å²) < 4.78 is 44.7. The first-order valence-corrected chi connectivity index (χ1v) is 10.6. The van der Waals surface area contributed by atoms with Crippen LogP contribution in [0.25, 0.3) is 10.9 Å². The Kier molecular flexibility index (Phi) is 5.04. The summed E-state index contributed by atoms with van der Waals surface area (Å²) in [6.45, 7) is 2.21. The highest BCUT2D eigenvalue weighted by molar-refractivity contribution is 5.89. The molecule has 5 rings (SSSR count). The molecule has 1 aliphatic carbocycles. The van der Waals surface area contributed by atoms with Crippen LogP contribution in [-0.4, -0.2) is 36.2 Å². The molecule has 0 unspecified atom stereocenters. The third-order valence-electron chi connectivity index (χ3n) is 6.73. The van der Waals surface area contributed by atoms with Crippen molar-refractivity contribution in [3.63, 3.8) is 0 Å². The van der Waals surface area contributed by atoms with Gasteiger partial charge in [-0.3, -0.25) is 0 Å². The van der Waals surface area contributed by atoms with Crippen LogP contribution in [0, 0.1) is 11.8 Å². The summed E-state index contributed by atoms with van der Waals surface area (Å²) in [5, 5.41) is 4.79. The third-order valence-corrected chi connectivity index (χ3v) is 6.73. The van der Waals surface area contributed by atoms with Crippen LogP contribution >= 0.6 is 0 Å². The van der Waals surface area contributed by atoms with Crippen molar-refractivity contribution in [1.82, 2.24) is 15.3 Å². The number of nitrogens with one attached hydrogen (secondary N) is 2. The fourth-order valence-corrected chi connectivity index (χ4v) is 5.23. The largest absolute Gasteiger partial charge is 0.496 e. The number of hydrogen-bond acceptors (Lipinski definition) is 4. The van der Waals surface area contributed by atoms with Crippen LogP contribution in [0.3, 0.4) is 0 Å². The Labute approximate surface area is 178 Å². The molecule has 0 amide bonds. The van der Waals surface area contributed by atoms with Gasteiger partial charge in [-0.1, -0.05) is 12.1 Å². The zero-order valence-corrected chi connectivity index (χ0v) is 17.2. The van der Waals surface area contributed by atoms with Gasteiger partial charge in [0.1, 0.15) is 17.3 Å². The number of hydrogen-bond donors (Lipinski definition) is 2. The molecule has 3 aromatic rings. The summed E-state index contributed by atoms with van der Waals surface area (Å²) >= 11 is 0. The molecule has 5 nitrogen and oxygen atoms in total. The summed E-state index contributed by atoms with van der Waals surface area (Å²) in [5.74, 6) is 2.15. The van der Waals surface area contributed by atoms with Crippen LogP contribution in [0.15, 0.2) is 42.6 Å². The van der Waals surface area contributed by atoms with E-state index in [1.807, 2.05) is 29.3 Å². The number of rotatable bonds is 5. The first-order valence-electron chi connectivity index (χ1n) is 10.6. The number of methoxy groups -OCH3 is 1. The second-order valence-corrected chi connectivity index (χ2v) is 8.47. The van der Waals surface area contributed by atoms with E-state index in [4.69, 9.17) is 4.74 Å². The molecule has 1 saturated heterocycles. The zero-order valence-electron chi connectivity index (χ0n) is 17.2. The van der Waals surface area contributed by atoms with Gasteiger partial charge in [-0.2, -0.15) is 13.2 Å². The minimum absolute atomic E-state index is 0.334. The van der Waals surface area contributed by atoms with Gasteiger partial charge in [0, 0.05) is 42.8 Å². The molecule has 3 atom stereocenters. The maximum absolute atomic E-state index is 13.0. The van der Waals surface area contributed by atoms with Crippen LogP contribution in [0.4, 0.5) is 19.0 Å². The van der Waals surface area contributed by atoms with E-state index in [0.717, 1.165) is 60.8 Å². The van der Waals surface area contributed by atoms with Crippen LogP contribution in [0.5, 0.6) is 5.75 Å². The lowest BCUT2D eigenvalue weighted by Crippen LogP contribution is -2.35. The second-order valence-electron chi connectivity index (χ2n) is 8.47. The number of H-pyrrole nitrogens is 1. The van der Waals surface area contributed by atoms with Crippen molar-refractivity contribution >= 4 is 16.7 Å². The third kappa shape index (κ3) is 3.73. The van der Waals surface area contributed by atoms with Crippen LogP contribution in [0.2, 0.25) is 0 Å². The molecule has 31 heavy (non-hydrogen) atoms. The van der Waals surface area contributed by atoms with Gasteiger partial charge < -0.3 is 19.9 Å². The molecule has 2 aromatic heterocycles. The van der Waals surface area contributed by atoms with Crippen LogP contribution in [0.1, 0.15) is 24.1 Å². The quantitative estimate of drug-likeness (QED) is 0.622. The standard InChI is InChI=1S/C23H25F3N4O/c1-31-19-5-2-4-18-22(19)15(11-28-18)10-27-17-9-8-14-12-30(13-16(14)17)21-7-3-6-20(29-21)23(24,25)26/h2-7,11,14,16-17,27-28H,8-10,12-13H2,1H3/t14-,16+,17+/m1/s1. The molecular weight excluding hydrogens is 405 g/mol. The number of anilines is 1. The maximum Gasteiger partial charge on any atom is 0.433 e. The van der Waals surface area contributed by atoms with E-state index in [2.05, 4.69) is 15.3 Å². The Bertz CT molecular complexity index is 1080. The molecule has 0 bridgehead atoms. The first-order chi connectivity index (χ1) is 14.9. The number of alkyl halides is 3. The monoisotopic (exact) mass is 430 g/mol. The predicted molar refractivity (Wildman–Crippen MR) is 113 cm³/mol. The average molecular weight is 430 g/mol. The van der Waals surface area contributed by atoms with Crippen molar-refractivity contribution in [2.45, 2.75) is 31.6 Å². The molecular formula is C23H25F3N4O. The molecule has 0 spiro atoms. The fraction of sp³-hybridized carbons (Fsp3) is 0.435. The first kappa shape index (κ1) is 20.2. The van der Waals surface area contributed by atoms with E-state index in [1.54, 1.807) is 13.2 Å². The molecule has 164 valence electrons. The van der Waals surface area contributed by atoms with Gasteiger partial charge in [-0.15, -0.1) is 0 Å². The van der Waals surface area contributed by atoms with Gasteiger partial charge >= 0.3 is 6.18 Å². The lowest BCUT2D eigenvalue weighted by atomic mass is 9.97. The summed E-state index contributed by atoms with van der Waals surface area (Å²) in [5.41, 5.74) is 1.37. The summed E-state index contributed by atoms with van der Waals surface area (Å²) in [4.78, 5) is 9.19. The minimum atomic E-state index is -4.42. The van der Waals surface area contributed by atoms with E-state index < -0.39 is 11.9 Å². The number of aromatic amines is 1. The van der Waals surface area contributed by atoms with Crippen LogP contribution in [-0.2, 0) is 12.7 Å². The number of ether oxygens (including phenoxy) is 1. The van der Waals surface area contributed by atoms with E-state index in [9.17, 15) is 13.2 Å². The molecule has 2 aliphatic rings. The second kappa shape index (κ2) is 7.75. The number of aromatic nitrogens is 2. The molecule has 0 radical (unpaired) electrons. The molecule has 2 N–H and O–H groups in total. The number of nitrogens with zero attached hydrogens (tertiary/aromatic N) is 2. The van der Waals surface area contributed by atoms with E-state index in [-0.39, 0.29) is 0 Å². The molecule has 1 aliphatic heterocycles. The van der Waals surface area contributed by atoms with Crippen molar-refractivity contribution in [2.75, 3.05) is 25.1 Å². The van der Waals surface area contributed by atoms with Gasteiger partial charge in [0.2, 0.25) is 0 Å². The number of halogens is 3. The van der Waals surface area contributed by atoms with Crippen molar-refractivity contribution < 1.29 is 17.9 Å². The van der Waals surface area contributed by atoms with Crippen molar-refractivity contribution in [2.24, 2.45) is 11.8 Å². The van der Waals surface area contributed by atoms with Crippen molar-refractivity contribution in [1.29, 1.82) is 0 Å². The maximum atomic E-state index is 13.0. The zero-order chi connectivity index (χ0) is 21.6. The van der Waals surface area contributed by atoms with Crippen molar-refractivity contribution in [3.8, 4) is 5.75 Å². The number of benzene rings is 1. The minimum Gasteiger partial charge on any atom is -0.496 e. The van der Waals surface area contributed by atoms with Gasteiger partial charge in [0.25, 0.3) is 0 Å². The van der Waals surface area contributed by atoms with E-state index in [0.29, 0.717) is 23.7 Å². The van der Waals surface area contributed by atoms with Gasteiger partial charge in [0.05, 0.1) is 7.11 Å². The number of fused-ring (bicyclic) bond motifs is 2. The molecule has 1 aromatic carbocycles. The molecule has 1 saturated carbocycles. The highest BCUT2D eigenvalue weighted by Gasteiger charge is 2.43. The van der Waals surface area contributed by atoms with E-state index in [1.165, 1.54) is 6.07 Å². The topological polar surface area (TPSA) is 53.2 Å². The Morgan fingerprint density at radius 2 is 2.00 bits per heavy atom. The van der Waals surface area contributed by atoms with Gasteiger partial charge in [0.15, 0.2) is 0 Å². The Morgan fingerprint density at radius 3 is 2.81 bits per heavy atom. The van der Waals surface area contributed by atoms with E-state index >= 15 is 0 Å². The van der Waals surface area contributed by atoms with Crippen LogP contribution < -0.4 is 15.0 Å². The molecule has 8 heteroatoms. The summed E-state index contributed by atoms with van der Waals surface area (Å²) in [7, 11) is 1.68. The van der Waals surface area contributed by atoms with Gasteiger partial charge in [-0.25, -0.2) is 4.98 Å². The SMILES string of the molecule is COc1cccc2[nH]cc(CN[C@H]3CC[C@@H]4CN(c5cccc(C(F)(F)F)n5)C[C@@H]43)c12. The fourth-order valence-electron chi connectivity index (χ4n) is 5.23. The highest BCUT2D eigenvalue weighted by Crippen LogP contribution is 2.40. The highest BCUT2D eigenvalue weighted by atomic mass is 19.4. The Hall–Kier alpha value is -2.74. The predicted octanol–water partition coefficient (Wildman–Crippen LogP) is 4.59. The Balaban J connectivity index is 1.28. The number of pyridine rings is 1. The summed E-state index contributed by atoms with van der Waals surface area (Å²) in [6.07, 6.45) is -0.246. The lowest BCUT2D eigenvalue weighted by molar-refractivity contribution is -0.141. The summed E-state index contributed by atoms with van der Waals surface area (Å²) in [6, 6.07) is 10.4.